The highest BCUT2D eigenvalue weighted by molar-refractivity contribution is 6.24. The fourth-order valence-corrected chi connectivity index (χ4v) is 3.75. The number of aliphatic imine (C=N–C) groups is 1. The maximum atomic E-state index is 13.0. The average Bonchev–Trinajstić information content (AvgIpc) is 3.12. The summed E-state index contributed by atoms with van der Waals surface area (Å²) in [5.41, 5.74) is 5.59. The van der Waals surface area contributed by atoms with Crippen LogP contribution in [0.15, 0.2) is 77.8 Å². The molecule has 3 aromatic rings. The topological polar surface area (TPSA) is 70.6 Å². The summed E-state index contributed by atoms with van der Waals surface area (Å²) in [5, 5.41) is 6.25. The van der Waals surface area contributed by atoms with Crippen LogP contribution in [0.2, 0.25) is 0 Å². The molecule has 1 aliphatic rings. The number of nitrogens with zero attached hydrogens (tertiary/aromatic N) is 1. The van der Waals surface area contributed by atoms with E-state index in [0.717, 1.165) is 35.6 Å². The van der Waals surface area contributed by atoms with Crippen molar-refractivity contribution in [2.45, 2.75) is 26.3 Å². The molecule has 0 saturated carbocycles. The number of amides is 1. The molecule has 156 valence electrons. The molecule has 4 rings (SSSR count). The first-order chi connectivity index (χ1) is 15.1. The molecular formula is C26H25N3O2. The second-order valence-corrected chi connectivity index (χ2v) is 7.59. The summed E-state index contributed by atoms with van der Waals surface area (Å²) in [4.78, 5) is 29.8. The molecule has 31 heavy (non-hydrogen) atoms. The maximum absolute atomic E-state index is 13.0. The molecular weight excluding hydrogens is 386 g/mol. The first-order valence-corrected chi connectivity index (χ1v) is 10.5. The van der Waals surface area contributed by atoms with Crippen LogP contribution in [0.1, 0.15) is 46.8 Å². The van der Waals surface area contributed by atoms with Gasteiger partial charge in [-0.1, -0.05) is 49.4 Å². The molecule has 5 heteroatoms. The van der Waals surface area contributed by atoms with Crippen LogP contribution in [0.4, 0.5) is 11.4 Å². The molecule has 1 atom stereocenters. The number of nitrogens with one attached hydrogen (secondary N) is 2. The van der Waals surface area contributed by atoms with Gasteiger partial charge in [0.25, 0.3) is 0 Å². The van der Waals surface area contributed by atoms with Crippen LogP contribution in [0, 0.1) is 0 Å². The van der Waals surface area contributed by atoms with Gasteiger partial charge < -0.3 is 10.6 Å². The highest BCUT2D eigenvalue weighted by Gasteiger charge is 2.35. The summed E-state index contributed by atoms with van der Waals surface area (Å²) in [7, 11) is 0. The molecule has 0 bridgehead atoms. The van der Waals surface area contributed by atoms with Crippen LogP contribution >= 0.6 is 0 Å². The molecule has 0 saturated heterocycles. The molecule has 1 aliphatic heterocycles. The van der Waals surface area contributed by atoms with Gasteiger partial charge in [-0.05, 0) is 60.5 Å². The molecule has 0 radical (unpaired) electrons. The van der Waals surface area contributed by atoms with E-state index >= 15 is 0 Å². The van der Waals surface area contributed by atoms with Crippen LogP contribution in [0.3, 0.4) is 0 Å². The number of ketones is 1. The van der Waals surface area contributed by atoms with Gasteiger partial charge in [0.15, 0.2) is 5.78 Å². The fourth-order valence-electron chi connectivity index (χ4n) is 3.75. The van der Waals surface area contributed by atoms with E-state index in [2.05, 4.69) is 17.6 Å². The summed E-state index contributed by atoms with van der Waals surface area (Å²) in [6.45, 7) is 5.32. The van der Waals surface area contributed by atoms with Crippen LogP contribution in [-0.4, -0.2) is 23.9 Å². The van der Waals surface area contributed by atoms with E-state index in [1.54, 1.807) is 18.2 Å². The molecule has 2 N–H and O–H groups in total. The Balaban J connectivity index is 1.79. The van der Waals surface area contributed by atoms with E-state index in [1.807, 2.05) is 54.6 Å². The Kier molecular flexibility index (Phi) is 6.05. The van der Waals surface area contributed by atoms with Crippen molar-refractivity contribution in [1.29, 1.82) is 0 Å². The Morgan fingerprint density at radius 2 is 1.74 bits per heavy atom. The molecule has 5 nitrogen and oxygen atoms in total. The minimum atomic E-state index is -0.585. The number of fused-ring (bicyclic) bond motifs is 1. The number of hydrogen-bond acceptors (Lipinski definition) is 4. The quantitative estimate of drug-likeness (QED) is 0.431. The summed E-state index contributed by atoms with van der Waals surface area (Å²) >= 11 is 0. The minimum Gasteiger partial charge on any atom is -0.325 e. The molecule has 1 amide bonds. The number of rotatable bonds is 7. The molecule has 1 unspecified atom stereocenters. The van der Waals surface area contributed by atoms with Crippen molar-refractivity contribution in [2.75, 3.05) is 11.9 Å². The fraction of sp³-hybridized carbons (Fsp3) is 0.192. The summed E-state index contributed by atoms with van der Waals surface area (Å²) < 4.78 is 0. The number of carbonyl (C=O) groups is 2. The summed E-state index contributed by atoms with van der Waals surface area (Å²) in [6, 6.07) is 23.1. The SMILES string of the molecule is CCNCc1ccc(N=C(c2ccccc2)C2C(=O)Nc3ccc(C(C)=O)cc32)cc1. The first kappa shape index (κ1) is 20.7. The molecule has 0 aromatic heterocycles. The number of benzene rings is 3. The van der Waals surface area contributed by atoms with E-state index in [-0.39, 0.29) is 11.7 Å². The van der Waals surface area contributed by atoms with E-state index in [4.69, 9.17) is 4.99 Å². The molecule has 0 spiro atoms. The van der Waals surface area contributed by atoms with Gasteiger partial charge >= 0.3 is 0 Å². The predicted molar refractivity (Wildman–Crippen MR) is 124 cm³/mol. The maximum Gasteiger partial charge on any atom is 0.238 e. The van der Waals surface area contributed by atoms with Gasteiger partial charge in [-0.25, -0.2) is 0 Å². The summed E-state index contributed by atoms with van der Waals surface area (Å²) in [6.07, 6.45) is 0. The van der Waals surface area contributed by atoms with E-state index in [1.165, 1.54) is 12.5 Å². The Labute approximate surface area is 182 Å². The van der Waals surface area contributed by atoms with Crippen molar-refractivity contribution >= 4 is 28.8 Å². The lowest BCUT2D eigenvalue weighted by Gasteiger charge is -2.14. The Bertz CT molecular complexity index is 1140. The van der Waals surface area contributed by atoms with Crippen LogP contribution < -0.4 is 10.6 Å². The van der Waals surface area contributed by atoms with Gasteiger partial charge in [0, 0.05) is 17.8 Å². The zero-order valence-corrected chi connectivity index (χ0v) is 17.7. The highest BCUT2D eigenvalue weighted by Crippen LogP contribution is 2.37. The molecule has 0 aliphatic carbocycles. The van der Waals surface area contributed by atoms with Crippen LogP contribution in [0.25, 0.3) is 0 Å². The number of carbonyl (C=O) groups excluding carboxylic acids is 2. The zero-order valence-electron chi connectivity index (χ0n) is 17.7. The minimum absolute atomic E-state index is 0.0321. The number of hydrogen-bond donors (Lipinski definition) is 2. The van der Waals surface area contributed by atoms with Crippen molar-refractivity contribution in [3.63, 3.8) is 0 Å². The second kappa shape index (κ2) is 9.06. The van der Waals surface area contributed by atoms with Gasteiger partial charge in [0.05, 0.1) is 11.4 Å². The van der Waals surface area contributed by atoms with E-state index in [0.29, 0.717) is 11.3 Å². The van der Waals surface area contributed by atoms with E-state index in [9.17, 15) is 9.59 Å². The lowest BCUT2D eigenvalue weighted by Crippen LogP contribution is -2.22. The number of anilines is 1. The predicted octanol–water partition coefficient (Wildman–Crippen LogP) is 4.86. The van der Waals surface area contributed by atoms with Crippen molar-refractivity contribution in [1.82, 2.24) is 5.32 Å². The average molecular weight is 412 g/mol. The van der Waals surface area contributed by atoms with Gasteiger partial charge in [0.2, 0.25) is 5.91 Å². The summed E-state index contributed by atoms with van der Waals surface area (Å²) in [5.74, 6) is -0.754. The number of Topliss-reactive ketones (excluding diaryl/α,β-unsaturated/α-hetero) is 1. The third kappa shape index (κ3) is 4.47. The van der Waals surface area contributed by atoms with Crippen molar-refractivity contribution < 1.29 is 9.59 Å². The Morgan fingerprint density at radius 1 is 1.00 bits per heavy atom. The van der Waals surface area contributed by atoms with Crippen LogP contribution in [-0.2, 0) is 11.3 Å². The smallest absolute Gasteiger partial charge is 0.238 e. The lowest BCUT2D eigenvalue weighted by atomic mass is 9.89. The van der Waals surface area contributed by atoms with Crippen molar-refractivity contribution in [3.8, 4) is 0 Å². The molecule has 1 heterocycles. The lowest BCUT2D eigenvalue weighted by molar-refractivity contribution is -0.115. The highest BCUT2D eigenvalue weighted by atomic mass is 16.2. The van der Waals surface area contributed by atoms with Gasteiger partial charge in [-0.15, -0.1) is 0 Å². The molecule has 3 aromatic carbocycles. The molecule has 0 fully saturated rings. The van der Waals surface area contributed by atoms with E-state index < -0.39 is 5.92 Å². The largest absolute Gasteiger partial charge is 0.325 e. The first-order valence-electron chi connectivity index (χ1n) is 10.5. The van der Waals surface area contributed by atoms with Gasteiger partial charge in [-0.3, -0.25) is 14.6 Å². The third-order valence-electron chi connectivity index (χ3n) is 5.40. The normalized spacial score (nSPS) is 15.5. The third-order valence-corrected chi connectivity index (χ3v) is 5.40. The Morgan fingerprint density at radius 3 is 2.42 bits per heavy atom. The Hall–Kier alpha value is -3.57. The second-order valence-electron chi connectivity index (χ2n) is 7.59. The zero-order chi connectivity index (χ0) is 21.8. The monoisotopic (exact) mass is 411 g/mol. The van der Waals surface area contributed by atoms with Crippen molar-refractivity contribution in [2.24, 2.45) is 4.99 Å². The van der Waals surface area contributed by atoms with Gasteiger partial charge in [-0.2, -0.15) is 0 Å². The van der Waals surface area contributed by atoms with Gasteiger partial charge in [0.1, 0.15) is 5.92 Å². The van der Waals surface area contributed by atoms with Crippen LogP contribution in [0.5, 0.6) is 0 Å². The van der Waals surface area contributed by atoms with Crippen molar-refractivity contribution in [3.05, 3.63) is 95.1 Å². The standard InChI is InChI=1S/C26H25N3O2/c1-3-27-16-18-9-12-21(13-10-18)28-25(19-7-5-4-6-8-19)24-22-15-20(17(2)30)11-14-23(22)29-26(24)31/h4-15,24,27H,3,16H2,1-2H3,(H,29,31).